The Morgan fingerprint density at radius 2 is 1.91 bits per heavy atom. The van der Waals surface area contributed by atoms with Crippen molar-refractivity contribution in [3.05, 3.63) is 58.8 Å². The Bertz CT molecular complexity index is 734. The number of carbonyl (C=O) groups excluding carboxylic acids is 3. The van der Waals surface area contributed by atoms with Gasteiger partial charge in [-0.05, 0) is 30.3 Å². The van der Waals surface area contributed by atoms with Crippen LogP contribution in [-0.4, -0.2) is 17.7 Å². The third-order valence-electron chi connectivity index (χ3n) is 2.67. The fraction of sp³-hybridized carbons (Fsp3) is 0.0714. The predicted octanol–water partition coefficient (Wildman–Crippen LogP) is 1.15. The second kappa shape index (κ2) is 7.41. The molecule has 2 rings (SSSR count). The van der Waals surface area contributed by atoms with Crippen LogP contribution in [0.1, 0.15) is 16.1 Å². The van der Waals surface area contributed by atoms with Crippen LogP contribution in [0.25, 0.3) is 0 Å². The number of hydrogen-bond donors (Lipinski definition) is 3. The zero-order chi connectivity index (χ0) is 16.8. The van der Waals surface area contributed by atoms with Crippen LogP contribution >= 0.6 is 11.6 Å². The molecule has 0 aliphatic rings. The molecule has 7 nitrogen and oxygen atoms in total. The molecule has 0 aliphatic carbocycles. The predicted molar refractivity (Wildman–Crippen MR) is 77.6 cm³/mol. The van der Waals surface area contributed by atoms with E-state index in [0.29, 0.717) is 5.76 Å². The van der Waals surface area contributed by atoms with Crippen molar-refractivity contribution in [3.8, 4) is 0 Å². The van der Waals surface area contributed by atoms with Gasteiger partial charge in [-0.1, -0.05) is 11.6 Å². The van der Waals surface area contributed by atoms with Crippen LogP contribution in [0.3, 0.4) is 0 Å². The summed E-state index contributed by atoms with van der Waals surface area (Å²) in [5.74, 6) is -3.42. The van der Waals surface area contributed by atoms with Crippen LogP contribution in [0.5, 0.6) is 0 Å². The highest BCUT2D eigenvalue weighted by Gasteiger charge is 2.17. The molecule has 0 saturated heterocycles. The Balaban J connectivity index is 1.84. The number of hydrazine groups is 1. The first-order chi connectivity index (χ1) is 11.0. The van der Waals surface area contributed by atoms with Crippen molar-refractivity contribution in [1.29, 1.82) is 0 Å². The van der Waals surface area contributed by atoms with E-state index >= 15 is 0 Å². The molecule has 0 atom stereocenters. The summed E-state index contributed by atoms with van der Waals surface area (Å²) in [5.41, 5.74) is 3.42. The summed E-state index contributed by atoms with van der Waals surface area (Å²) in [4.78, 5) is 34.7. The fourth-order valence-corrected chi connectivity index (χ4v) is 1.74. The number of halogens is 2. The van der Waals surface area contributed by atoms with E-state index in [2.05, 4.69) is 5.32 Å². The van der Waals surface area contributed by atoms with Gasteiger partial charge in [-0.3, -0.25) is 25.2 Å². The maximum absolute atomic E-state index is 13.5. The minimum Gasteiger partial charge on any atom is -0.467 e. The Kier molecular flexibility index (Phi) is 5.32. The molecule has 1 aromatic heterocycles. The molecule has 9 heteroatoms. The van der Waals surface area contributed by atoms with Crippen molar-refractivity contribution in [2.45, 2.75) is 6.54 Å². The Morgan fingerprint density at radius 1 is 1.13 bits per heavy atom. The minimum atomic E-state index is -1.12. The third-order valence-corrected chi connectivity index (χ3v) is 2.91. The smallest absolute Gasteiger partial charge is 0.327 e. The lowest BCUT2D eigenvalue weighted by molar-refractivity contribution is -0.139. The van der Waals surface area contributed by atoms with E-state index in [1.165, 1.54) is 12.3 Å². The summed E-state index contributed by atoms with van der Waals surface area (Å²) < 4.78 is 18.4. The standard InChI is InChI=1S/C14H11ClFN3O4/c15-8-3-4-11(16)10(6-8)12(20)18-19-14(22)13(21)17-7-9-2-1-5-23-9/h1-6H,7H2,(H,17,21)(H,18,20)(H,19,22). The molecule has 0 aliphatic heterocycles. The van der Waals surface area contributed by atoms with Crippen molar-refractivity contribution in [1.82, 2.24) is 16.2 Å². The first-order valence-corrected chi connectivity index (χ1v) is 6.71. The van der Waals surface area contributed by atoms with Gasteiger partial charge in [-0.2, -0.15) is 0 Å². The van der Waals surface area contributed by atoms with E-state index in [9.17, 15) is 18.8 Å². The number of amides is 3. The maximum Gasteiger partial charge on any atom is 0.327 e. The van der Waals surface area contributed by atoms with Crippen LogP contribution in [0, 0.1) is 5.82 Å². The van der Waals surface area contributed by atoms with Crippen molar-refractivity contribution in [2.75, 3.05) is 0 Å². The highest BCUT2D eigenvalue weighted by molar-refractivity contribution is 6.35. The molecule has 1 aromatic carbocycles. The summed E-state index contributed by atoms with van der Waals surface area (Å²) in [5, 5.41) is 2.43. The number of carbonyl (C=O) groups is 3. The zero-order valence-corrected chi connectivity index (χ0v) is 12.3. The normalized spacial score (nSPS) is 10.0. The van der Waals surface area contributed by atoms with Gasteiger partial charge in [0.1, 0.15) is 11.6 Å². The van der Waals surface area contributed by atoms with Crippen LogP contribution in [0.2, 0.25) is 5.02 Å². The summed E-state index contributed by atoms with van der Waals surface area (Å²) in [6.45, 7) is 0.0100. The van der Waals surface area contributed by atoms with Gasteiger partial charge in [0.25, 0.3) is 5.91 Å². The second-order valence-electron chi connectivity index (χ2n) is 4.29. The maximum atomic E-state index is 13.5. The lowest BCUT2D eigenvalue weighted by Gasteiger charge is -2.08. The average molecular weight is 340 g/mol. The number of furan rings is 1. The molecule has 0 radical (unpaired) electrons. The number of rotatable bonds is 3. The largest absolute Gasteiger partial charge is 0.467 e. The zero-order valence-electron chi connectivity index (χ0n) is 11.6. The molecule has 2 aromatic rings. The molecule has 0 unspecified atom stereocenters. The molecular formula is C14H11ClFN3O4. The van der Waals surface area contributed by atoms with Crippen LogP contribution in [0.15, 0.2) is 41.0 Å². The molecule has 0 saturated carbocycles. The van der Waals surface area contributed by atoms with E-state index in [1.807, 2.05) is 10.9 Å². The van der Waals surface area contributed by atoms with Gasteiger partial charge in [0.15, 0.2) is 0 Å². The Hall–Kier alpha value is -2.87. The Morgan fingerprint density at radius 3 is 2.61 bits per heavy atom. The summed E-state index contributed by atoms with van der Waals surface area (Å²) >= 11 is 5.66. The van der Waals surface area contributed by atoms with Crippen molar-refractivity contribution in [2.24, 2.45) is 0 Å². The van der Waals surface area contributed by atoms with E-state index in [4.69, 9.17) is 16.0 Å². The lowest BCUT2D eigenvalue weighted by atomic mass is 10.2. The molecule has 3 amide bonds. The van der Waals surface area contributed by atoms with Gasteiger partial charge in [0.05, 0.1) is 18.4 Å². The lowest BCUT2D eigenvalue weighted by Crippen LogP contribution is -2.48. The first-order valence-electron chi connectivity index (χ1n) is 6.33. The third kappa shape index (κ3) is 4.55. The number of hydrogen-bond acceptors (Lipinski definition) is 4. The topological polar surface area (TPSA) is 100 Å². The molecule has 0 spiro atoms. The molecule has 3 N–H and O–H groups in total. The van der Waals surface area contributed by atoms with Crippen LogP contribution < -0.4 is 16.2 Å². The molecular weight excluding hydrogens is 329 g/mol. The van der Waals surface area contributed by atoms with Gasteiger partial charge in [-0.25, -0.2) is 4.39 Å². The van der Waals surface area contributed by atoms with Gasteiger partial charge in [-0.15, -0.1) is 0 Å². The van der Waals surface area contributed by atoms with E-state index < -0.39 is 23.5 Å². The average Bonchev–Trinajstić information content (AvgIpc) is 3.05. The van der Waals surface area contributed by atoms with Gasteiger partial charge >= 0.3 is 11.8 Å². The minimum absolute atomic E-state index is 0.0100. The van der Waals surface area contributed by atoms with Gasteiger partial charge < -0.3 is 9.73 Å². The van der Waals surface area contributed by atoms with Crippen LogP contribution in [0.4, 0.5) is 4.39 Å². The highest BCUT2D eigenvalue weighted by Crippen LogP contribution is 2.14. The quantitative estimate of drug-likeness (QED) is 0.577. The summed E-state index contributed by atoms with van der Waals surface area (Å²) in [6.07, 6.45) is 1.42. The van der Waals surface area contributed by atoms with Crippen molar-refractivity contribution >= 4 is 29.3 Å². The second-order valence-corrected chi connectivity index (χ2v) is 4.73. The molecule has 0 fully saturated rings. The van der Waals surface area contributed by atoms with E-state index in [-0.39, 0.29) is 17.1 Å². The fourth-order valence-electron chi connectivity index (χ4n) is 1.57. The number of nitrogens with one attached hydrogen (secondary N) is 3. The van der Waals surface area contributed by atoms with E-state index in [1.54, 1.807) is 12.1 Å². The molecule has 23 heavy (non-hydrogen) atoms. The molecule has 120 valence electrons. The number of benzene rings is 1. The van der Waals surface area contributed by atoms with Gasteiger partial charge in [0.2, 0.25) is 0 Å². The van der Waals surface area contributed by atoms with Crippen molar-refractivity contribution in [3.63, 3.8) is 0 Å². The van der Waals surface area contributed by atoms with Gasteiger partial charge in [0, 0.05) is 5.02 Å². The van der Waals surface area contributed by atoms with Crippen LogP contribution in [-0.2, 0) is 16.1 Å². The molecule has 1 heterocycles. The molecule has 0 bridgehead atoms. The van der Waals surface area contributed by atoms with E-state index in [0.717, 1.165) is 12.1 Å². The van der Waals surface area contributed by atoms with Crippen molar-refractivity contribution < 1.29 is 23.2 Å². The first kappa shape index (κ1) is 16.5. The summed E-state index contributed by atoms with van der Waals surface area (Å²) in [6, 6.07) is 6.61. The summed E-state index contributed by atoms with van der Waals surface area (Å²) in [7, 11) is 0. The SMILES string of the molecule is O=C(NCc1ccco1)C(=O)NNC(=O)c1cc(Cl)ccc1F. The Labute approximate surface area is 134 Å². The monoisotopic (exact) mass is 339 g/mol. The highest BCUT2D eigenvalue weighted by atomic mass is 35.5.